The quantitative estimate of drug-likeness (QED) is 0.551. The number of nitrogens with one attached hydrogen (secondary N) is 2. The van der Waals surface area contributed by atoms with Gasteiger partial charge in [0.15, 0.2) is 0 Å². The molecule has 0 saturated carbocycles. The minimum atomic E-state index is -0.700. The normalized spacial score (nSPS) is 19.4. The van der Waals surface area contributed by atoms with Gasteiger partial charge in [0.05, 0.1) is 16.2 Å². The summed E-state index contributed by atoms with van der Waals surface area (Å²) in [4.78, 5) is 11.7. The van der Waals surface area contributed by atoms with Crippen LogP contribution < -0.4 is 10.6 Å². The minimum Gasteiger partial charge on any atom is -0.390 e. The van der Waals surface area contributed by atoms with Crippen LogP contribution in [0.3, 0.4) is 0 Å². The van der Waals surface area contributed by atoms with Crippen LogP contribution in [0.5, 0.6) is 0 Å². The zero-order chi connectivity index (χ0) is 22.2. The van der Waals surface area contributed by atoms with E-state index in [2.05, 4.69) is 62.0 Å². The molecule has 6 heteroatoms. The summed E-state index contributed by atoms with van der Waals surface area (Å²) in [6.45, 7) is 16.5. The van der Waals surface area contributed by atoms with Crippen molar-refractivity contribution in [3.8, 4) is 10.6 Å². The van der Waals surface area contributed by atoms with Gasteiger partial charge in [0, 0.05) is 34.8 Å². The fraction of sp³-hybridized carbons (Fsp3) is 0.583. The minimum absolute atomic E-state index is 0.0180. The van der Waals surface area contributed by atoms with Gasteiger partial charge in [-0.1, -0.05) is 20.4 Å². The van der Waals surface area contributed by atoms with Crippen molar-refractivity contribution in [1.82, 2.24) is 15.3 Å². The van der Waals surface area contributed by atoms with E-state index in [-0.39, 0.29) is 17.0 Å². The molecule has 0 amide bonds. The molecule has 1 aliphatic rings. The van der Waals surface area contributed by atoms with E-state index in [1.165, 1.54) is 4.88 Å². The molecule has 1 saturated heterocycles. The Bertz CT molecular complexity index is 895. The third kappa shape index (κ3) is 5.61. The van der Waals surface area contributed by atoms with Crippen LogP contribution in [0, 0.1) is 5.41 Å². The molecule has 1 aliphatic heterocycles. The van der Waals surface area contributed by atoms with Gasteiger partial charge in [-0.05, 0) is 70.6 Å². The van der Waals surface area contributed by atoms with Crippen LogP contribution in [0.25, 0.3) is 10.6 Å². The van der Waals surface area contributed by atoms with Crippen molar-refractivity contribution in [2.45, 2.75) is 84.4 Å². The number of thiophene rings is 1. The average Bonchev–Trinajstić information content (AvgIpc) is 3.06. The van der Waals surface area contributed by atoms with Crippen LogP contribution in [0.1, 0.15) is 65.7 Å². The molecule has 0 aromatic carbocycles. The first-order valence-corrected chi connectivity index (χ1v) is 11.5. The Hall–Kier alpha value is -1.92. The van der Waals surface area contributed by atoms with Crippen molar-refractivity contribution in [1.29, 1.82) is 0 Å². The molecular weight excluding hydrogens is 392 g/mol. The Morgan fingerprint density at radius 2 is 2.00 bits per heavy atom. The maximum Gasteiger partial charge on any atom is 0.223 e. The third-order valence-electron chi connectivity index (χ3n) is 6.32. The molecule has 3 N–H and O–H groups in total. The van der Waals surface area contributed by atoms with Gasteiger partial charge < -0.3 is 15.7 Å². The van der Waals surface area contributed by atoms with Crippen molar-refractivity contribution < 1.29 is 5.11 Å². The highest BCUT2D eigenvalue weighted by Gasteiger charge is 2.34. The predicted molar refractivity (Wildman–Crippen MR) is 127 cm³/mol. The molecule has 3 rings (SSSR count). The number of hydrogen-bond acceptors (Lipinski definition) is 6. The lowest BCUT2D eigenvalue weighted by Gasteiger charge is -2.38. The van der Waals surface area contributed by atoms with Crippen molar-refractivity contribution in [2.24, 2.45) is 5.41 Å². The highest BCUT2D eigenvalue weighted by atomic mass is 32.1. The monoisotopic (exact) mass is 428 g/mol. The molecule has 2 aromatic heterocycles. The van der Waals surface area contributed by atoms with E-state index in [0.717, 1.165) is 42.0 Å². The van der Waals surface area contributed by atoms with Crippen LogP contribution in [0.2, 0.25) is 0 Å². The average molecular weight is 429 g/mol. The largest absolute Gasteiger partial charge is 0.390 e. The lowest BCUT2D eigenvalue weighted by atomic mass is 9.74. The summed E-state index contributed by atoms with van der Waals surface area (Å²) in [6.07, 6.45) is 5.56. The fourth-order valence-corrected chi connectivity index (χ4v) is 4.78. The zero-order valence-corrected chi connectivity index (χ0v) is 20.0. The Morgan fingerprint density at radius 1 is 1.27 bits per heavy atom. The van der Waals surface area contributed by atoms with Crippen LogP contribution in [-0.2, 0) is 6.42 Å². The lowest BCUT2D eigenvalue weighted by molar-refractivity contribution is -0.0390. The van der Waals surface area contributed by atoms with Gasteiger partial charge in [-0.25, -0.2) is 9.97 Å². The number of aliphatic hydroxyl groups is 1. The standard InChI is InChI=1S/C24H36N4OS/c1-16-14-17(15-23(4,5)28-16)26-21-25-13-11-19(27-21)20-9-8-18(30-20)10-12-22(2,3)24(6,7)29/h8-9,11,13,17,28-29H,1,10,12,14-15H2,2-7H3,(H,25,26,27). The molecule has 1 unspecified atom stereocenters. The highest BCUT2D eigenvalue weighted by Crippen LogP contribution is 2.37. The molecule has 0 aliphatic carbocycles. The summed E-state index contributed by atoms with van der Waals surface area (Å²) in [5, 5.41) is 17.3. The van der Waals surface area contributed by atoms with Gasteiger partial charge in [0.1, 0.15) is 0 Å². The van der Waals surface area contributed by atoms with E-state index in [9.17, 15) is 5.11 Å². The van der Waals surface area contributed by atoms with Gasteiger partial charge in [-0.2, -0.15) is 0 Å². The number of hydrogen-bond donors (Lipinski definition) is 3. The van der Waals surface area contributed by atoms with Crippen LogP contribution in [0.4, 0.5) is 5.95 Å². The number of rotatable bonds is 7. The molecule has 5 nitrogen and oxygen atoms in total. The Kier molecular flexibility index (Phi) is 6.30. The van der Waals surface area contributed by atoms with E-state index in [4.69, 9.17) is 4.98 Å². The summed E-state index contributed by atoms with van der Waals surface area (Å²) in [5.74, 6) is 0.668. The second kappa shape index (κ2) is 8.31. The zero-order valence-electron chi connectivity index (χ0n) is 19.2. The highest BCUT2D eigenvalue weighted by molar-refractivity contribution is 7.15. The van der Waals surface area contributed by atoms with E-state index in [0.29, 0.717) is 5.95 Å². The van der Waals surface area contributed by atoms with E-state index in [1.54, 1.807) is 11.3 Å². The molecule has 0 bridgehead atoms. The van der Waals surface area contributed by atoms with E-state index >= 15 is 0 Å². The summed E-state index contributed by atoms with van der Waals surface area (Å²) in [5.41, 5.74) is 1.17. The molecule has 0 radical (unpaired) electrons. The van der Waals surface area contributed by atoms with Gasteiger partial charge in [-0.15, -0.1) is 11.3 Å². The second-order valence-corrected chi connectivity index (χ2v) is 11.5. The molecule has 0 spiro atoms. The molecule has 2 aromatic rings. The number of piperidine rings is 1. The molecule has 3 heterocycles. The van der Waals surface area contributed by atoms with Crippen molar-refractivity contribution in [3.05, 3.63) is 41.5 Å². The second-order valence-electron chi connectivity index (χ2n) is 10.3. The predicted octanol–water partition coefficient (Wildman–Crippen LogP) is 5.39. The molecule has 1 atom stereocenters. The summed E-state index contributed by atoms with van der Waals surface area (Å²) >= 11 is 1.77. The lowest BCUT2D eigenvalue weighted by Crippen LogP contribution is -2.48. The molecule has 30 heavy (non-hydrogen) atoms. The van der Waals surface area contributed by atoms with Crippen LogP contribution >= 0.6 is 11.3 Å². The Labute approximate surface area is 185 Å². The maximum atomic E-state index is 10.4. The number of anilines is 1. The summed E-state index contributed by atoms with van der Waals surface area (Å²) in [6, 6.07) is 6.55. The first-order chi connectivity index (χ1) is 13.8. The molecule has 1 fully saturated rings. The van der Waals surface area contributed by atoms with Gasteiger partial charge >= 0.3 is 0 Å². The van der Waals surface area contributed by atoms with E-state index < -0.39 is 5.60 Å². The summed E-state index contributed by atoms with van der Waals surface area (Å²) in [7, 11) is 0. The first-order valence-electron chi connectivity index (χ1n) is 10.7. The number of nitrogens with zero attached hydrogens (tertiary/aromatic N) is 2. The van der Waals surface area contributed by atoms with Crippen molar-refractivity contribution >= 4 is 17.3 Å². The SMILES string of the molecule is C=C1CC(Nc2nccc(-c3ccc(CCC(C)(C)C(C)(C)O)s3)n2)CC(C)(C)N1. The van der Waals surface area contributed by atoms with Gasteiger partial charge in [0.2, 0.25) is 5.95 Å². The van der Waals surface area contributed by atoms with Crippen LogP contribution in [0.15, 0.2) is 36.7 Å². The summed E-state index contributed by atoms with van der Waals surface area (Å²) < 4.78 is 0. The first kappa shape index (κ1) is 22.8. The Balaban J connectivity index is 1.67. The van der Waals surface area contributed by atoms with Crippen molar-refractivity contribution in [3.63, 3.8) is 0 Å². The maximum absolute atomic E-state index is 10.4. The smallest absolute Gasteiger partial charge is 0.223 e. The molecule has 164 valence electrons. The van der Waals surface area contributed by atoms with Crippen LogP contribution in [-0.4, -0.2) is 32.3 Å². The topological polar surface area (TPSA) is 70.1 Å². The third-order valence-corrected chi connectivity index (χ3v) is 7.49. The number of aryl methyl sites for hydroxylation is 1. The van der Waals surface area contributed by atoms with Crippen molar-refractivity contribution in [2.75, 3.05) is 5.32 Å². The Morgan fingerprint density at radius 3 is 2.67 bits per heavy atom. The van der Waals surface area contributed by atoms with Gasteiger partial charge in [-0.3, -0.25) is 0 Å². The van der Waals surface area contributed by atoms with Gasteiger partial charge in [0.25, 0.3) is 0 Å². The fourth-order valence-electron chi connectivity index (χ4n) is 3.81. The molecular formula is C24H36N4OS. The van der Waals surface area contributed by atoms with E-state index in [1.807, 2.05) is 26.1 Å². The number of aromatic nitrogens is 2.